The molecule has 0 aromatic carbocycles. The number of rotatable bonds is 50. The van der Waals surface area contributed by atoms with E-state index >= 15 is 0 Å². The van der Waals surface area contributed by atoms with Crippen molar-refractivity contribution in [2.75, 3.05) is 79.5 Å². The third kappa shape index (κ3) is 28.2. The normalized spacial score (nSPS) is 33.8. The van der Waals surface area contributed by atoms with Gasteiger partial charge in [0.2, 0.25) is 17.7 Å². The molecule has 0 aromatic rings. The van der Waals surface area contributed by atoms with Crippen LogP contribution in [0.1, 0.15) is 254 Å². The van der Waals surface area contributed by atoms with Crippen molar-refractivity contribution in [3.63, 3.8) is 0 Å². The number of allylic oxidation sites excluding steroid dienone is 1. The van der Waals surface area contributed by atoms with E-state index < -0.39 is 132 Å². The Morgan fingerprint density at radius 2 is 1.21 bits per heavy atom. The molecular weight excluding hydrogens is 1530 g/mol. The van der Waals surface area contributed by atoms with Gasteiger partial charge in [0, 0.05) is 90.4 Å². The monoisotopic (exact) mass is 1680 g/mol. The number of ketones is 1. The Kier molecular flexibility index (Phi) is 39.9. The summed E-state index contributed by atoms with van der Waals surface area (Å²) in [6.45, 7) is 12.4. The van der Waals surface area contributed by atoms with Crippen molar-refractivity contribution in [2.45, 2.75) is 340 Å². The van der Waals surface area contributed by atoms with E-state index in [1.165, 1.54) is 67.4 Å². The Morgan fingerprint density at radius 1 is 0.632 bits per heavy atom. The average Bonchev–Trinajstić information content (AvgIpc) is 1.40. The summed E-state index contributed by atoms with van der Waals surface area (Å²) >= 11 is 5.08. The minimum absolute atomic E-state index is 0.00761. The fourth-order valence-electron chi connectivity index (χ4n) is 20.0. The van der Waals surface area contributed by atoms with Crippen LogP contribution in [0.3, 0.4) is 0 Å². The van der Waals surface area contributed by atoms with Gasteiger partial charge >= 0.3 is 20.6 Å². The van der Waals surface area contributed by atoms with Crippen molar-refractivity contribution < 1.29 is 116 Å². The van der Waals surface area contributed by atoms with Crippen LogP contribution in [0, 0.1) is 58.2 Å². The quantitative estimate of drug-likeness (QED) is 0.0153. The molecule has 0 radical (unpaired) electrons. The van der Waals surface area contributed by atoms with Gasteiger partial charge in [-0.25, -0.2) is 9.36 Å². The first-order valence-corrected chi connectivity index (χ1v) is 47.5. The zero-order valence-corrected chi connectivity index (χ0v) is 72.1. The molecule has 114 heavy (non-hydrogen) atoms. The second-order valence-corrected chi connectivity index (χ2v) is 39.7. The third-order valence-corrected chi connectivity index (χ3v) is 29.5. The Labute approximate surface area is 683 Å². The number of hydrogen-bond donors (Lipinski definition) is 12. The third-order valence-electron chi connectivity index (χ3n) is 26.8. The number of phosphoric ester groups is 1. The average molecular weight is 1680 g/mol. The highest BCUT2D eigenvalue weighted by Crippen LogP contribution is 2.67. The van der Waals surface area contributed by atoms with Gasteiger partial charge in [0.1, 0.15) is 36.3 Å². The number of carbonyl (C=O) groups is 5. The van der Waals surface area contributed by atoms with E-state index in [1.807, 2.05) is 0 Å². The van der Waals surface area contributed by atoms with Gasteiger partial charge in [0.15, 0.2) is 12.6 Å². The predicted octanol–water partition coefficient (Wildman–Crippen LogP) is 9.31. The van der Waals surface area contributed by atoms with Gasteiger partial charge in [-0.3, -0.25) is 28.2 Å². The Morgan fingerprint density at radius 3 is 1.86 bits per heavy atom. The molecule has 32 heteroatoms. The number of aliphatic hydroxyl groups is 7. The lowest BCUT2D eigenvalue weighted by atomic mass is 9.47. The lowest BCUT2D eigenvalue weighted by Crippen LogP contribution is -2.55. The highest BCUT2D eigenvalue weighted by atomic mass is 32.5. The number of aliphatic hydroxyl groups excluding tert-OH is 7. The maximum absolute atomic E-state index is 13.9. The molecular formula is C82H145N5O24P2S. The molecule has 4 amide bonds. The molecule has 658 valence electrons. The number of nitrogens with zero attached hydrogens (tertiary/aromatic N) is 2. The van der Waals surface area contributed by atoms with E-state index in [0.29, 0.717) is 127 Å². The molecule has 7 fully saturated rings. The number of β-amino-alcohol motifs (C(OH)–C–C–N with tert-alkyl or cyclic N) is 1. The molecule has 8 aliphatic rings. The fourth-order valence-corrected chi connectivity index (χ4v) is 21.6. The first kappa shape index (κ1) is 96.7. The van der Waals surface area contributed by atoms with Gasteiger partial charge < -0.3 is 104 Å². The topological polar surface area (TPSA) is 410 Å². The van der Waals surface area contributed by atoms with E-state index in [9.17, 15) is 74.1 Å². The zero-order chi connectivity index (χ0) is 82.9. The van der Waals surface area contributed by atoms with Crippen LogP contribution in [0.2, 0.25) is 0 Å². The van der Waals surface area contributed by atoms with Crippen LogP contribution in [0.15, 0.2) is 11.6 Å². The van der Waals surface area contributed by atoms with E-state index in [-0.39, 0.29) is 93.4 Å². The number of carbonyl (C=O) groups excluding carboxylic acids is 5. The predicted molar refractivity (Wildman–Crippen MR) is 431 cm³/mol. The summed E-state index contributed by atoms with van der Waals surface area (Å²) in [6.07, 6.45) is 15.3. The molecule has 0 bridgehead atoms. The van der Waals surface area contributed by atoms with Crippen LogP contribution in [-0.2, 0) is 77.3 Å². The number of likely N-dealkylation sites (tertiary alicyclic amines) is 2. The summed E-state index contributed by atoms with van der Waals surface area (Å²) < 4.78 is 64.3. The highest BCUT2D eigenvalue weighted by molar-refractivity contribution is 8.07. The molecule has 29 nitrogen and oxygen atoms in total. The number of unbranched alkanes of at least 4 members (excludes halogenated alkanes) is 9. The number of alkyl carbamates (subject to hydrolysis) is 1. The number of fused-ring (bicyclic) bond motifs is 5. The molecule has 4 aliphatic heterocycles. The molecule has 8 rings (SSSR count). The first-order chi connectivity index (χ1) is 54.3. The van der Waals surface area contributed by atoms with E-state index in [1.54, 1.807) is 13.8 Å². The van der Waals surface area contributed by atoms with Crippen LogP contribution in [0.5, 0.6) is 0 Å². The zero-order valence-electron chi connectivity index (χ0n) is 69.5. The molecule has 4 saturated heterocycles. The van der Waals surface area contributed by atoms with E-state index in [0.717, 1.165) is 68.1 Å². The summed E-state index contributed by atoms with van der Waals surface area (Å²) in [5.74, 6) is 2.94. The number of amides is 4. The largest absolute Gasteiger partial charge is 0.472 e. The Balaban J connectivity index is 0.710. The lowest BCUT2D eigenvalue weighted by Gasteiger charge is -2.58. The summed E-state index contributed by atoms with van der Waals surface area (Å²) in [7, 11) is -3.61. The molecule has 12 N–H and O–H groups in total. The maximum Gasteiger partial charge on any atom is 0.472 e. The second kappa shape index (κ2) is 47.0. The molecule has 19 unspecified atom stereocenters. The summed E-state index contributed by atoms with van der Waals surface area (Å²) in [6, 6.07) is -1.86. The van der Waals surface area contributed by atoms with Crippen LogP contribution < -0.4 is 16.0 Å². The van der Waals surface area contributed by atoms with Crippen molar-refractivity contribution >= 4 is 55.9 Å². The number of phosphoric acid groups is 1. The molecule has 4 aliphatic carbocycles. The Bertz CT molecular complexity index is 3090. The van der Waals surface area contributed by atoms with Gasteiger partial charge in [-0.15, -0.1) is 0 Å². The summed E-state index contributed by atoms with van der Waals surface area (Å²) in [5.41, 5.74) is 2.05. The maximum atomic E-state index is 13.9. The van der Waals surface area contributed by atoms with Gasteiger partial charge in [0.05, 0.1) is 69.0 Å². The SMILES string of the molecule is COP(O)(=S)OCC1C[C@@H](OP(=O)(O)OCC2C[C@@H](O)CN2C(=O)CCCCCCC(=O)[C@H](CCCCNC(=O)CCCCOC2OC(CO)C(O)C(O)C2C)NCCCCCOC2OC(CO)C(O)C(O)C2C)CN1C(=O)CCCCCNC(=O)OC1CC[C@@]2(C)C(=CCC3C4CCC([C@H](C)CCCC(C)C)[C@@]4(C)CCC32)C1. The fraction of sp³-hybridized carbons (Fsp3) is 0.915. The number of nitrogens with one attached hydrogen (secondary N) is 3. The highest BCUT2D eigenvalue weighted by Gasteiger charge is 2.60. The van der Waals surface area contributed by atoms with Crippen molar-refractivity contribution in [2.24, 2.45) is 58.2 Å². The van der Waals surface area contributed by atoms with Crippen molar-refractivity contribution in [3.05, 3.63) is 11.6 Å². The van der Waals surface area contributed by atoms with E-state index in [4.69, 9.17) is 53.6 Å². The Hall–Kier alpha value is -2.75. The van der Waals surface area contributed by atoms with Crippen molar-refractivity contribution in [1.82, 2.24) is 25.8 Å². The first-order valence-electron chi connectivity index (χ1n) is 43.4. The minimum atomic E-state index is -4.82. The number of hydrogen-bond acceptors (Lipinski definition) is 24. The van der Waals surface area contributed by atoms with Gasteiger partial charge in [-0.2, -0.15) is 0 Å². The minimum Gasteiger partial charge on any atom is -0.446 e. The summed E-state index contributed by atoms with van der Waals surface area (Å²) in [4.78, 5) is 91.8. The lowest BCUT2D eigenvalue weighted by molar-refractivity contribution is -0.282. The summed E-state index contributed by atoms with van der Waals surface area (Å²) in [5, 5.41) is 80.2. The molecule has 3 saturated carbocycles. The standard InChI is InChI=1S/C82H145N5O24P2S/c1-53(2)24-23-25-54(3)64-33-34-65-63-32-31-57-44-61(35-37-81(57,6)66(63)36-38-82(64,65)7)108-80(99)85-41-18-11-15-30-73(94)87-48-62(46-59(87)52-107-113(102,114)103-8)111-112(100,101)106-51-58-45-60(90)47-86(58)72(93)29-14-10-9-13-27-68(91)67(83-39-19-12-21-42-104-78-55(4)74(95)76(97)69(49-88)109-78)26-16-20-40-84-71(92)28-17-22-43-105-79-56(5)75(96)77(98)70(50-89)110-79/h31,53-56,58-67,69-70,74-79,83,88-90,95-98H,9-30,32-52H2,1-8H3,(H,84,92)(H,85,99)(H,100,101)(H,102,114)/t54-,55?,56?,58?,59?,60-,61?,62-,63?,64?,65?,66?,67+,69?,70?,74?,75?,76?,77?,78?,79?,81+,82-,113?/m1/s1. The molecule has 4 heterocycles. The molecule has 0 spiro atoms. The van der Waals surface area contributed by atoms with Crippen molar-refractivity contribution in [1.29, 1.82) is 0 Å². The smallest absolute Gasteiger partial charge is 0.446 e. The number of ether oxygens (including phenoxy) is 5. The molecule has 25 atom stereocenters. The van der Waals surface area contributed by atoms with Crippen LogP contribution in [0.4, 0.5) is 4.79 Å². The van der Waals surface area contributed by atoms with Crippen LogP contribution in [-0.4, -0.2) is 250 Å². The van der Waals surface area contributed by atoms with Gasteiger partial charge in [-0.1, -0.05) is 98.6 Å². The van der Waals surface area contributed by atoms with Crippen molar-refractivity contribution in [3.8, 4) is 0 Å². The van der Waals surface area contributed by atoms with Crippen LogP contribution in [0.25, 0.3) is 0 Å². The van der Waals surface area contributed by atoms with Gasteiger partial charge in [-0.05, 0) is 200 Å². The number of Topliss-reactive ketones (excluding diaryl/α,β-unsaturated/α-hetero) is 1. The van der Waals surface area contributed by atoms with E-state index in [2.05, 4.69) is 56.6 Å². The van der Waals surface area contributed by atoms with Gasteiger partial charge in [0.25, 0.3) is 0 Å². The van der Waals surface area contributed by atoms with Crippen LogP contribution >= 0.6 is 14.5 Å². The molecule has 0 aromatic heterocycles. The second-order valence-electron chi connectivity index (χ2n) is 35.4.